The van der Waals surface area contributed by atoms with Crippen LogP contribution in [-0.4, -0.2) is 0 Å². The minimum absolute atomic E-state index is 1.09. The van der Waals surface area contributed by atoms with E-state index in [1.54, 1.807) is 0 Å². The molecule has 0 N–H and O–H groups in total. The van der Waals surface area contributed by atoms with Crippen LogP contribution < -0.4 is 0 Å². The van der Waals surface area contributed by atoms with Crippen LogP contribution in [-0.2, 0) is 18.5 Å². The molecule has 4 rings (SSSR count). The van der Waals surface area contributed by atoms with Gasteiger partial charge in [-0.15, -0.1) is 0 Å². The second kappa shape index (κ2) is 14.3. The smallest absolute Gasteiger partial charge is 0.205 e. The van der Waals surface area contributed by atoms with Gasteiger partial charge < -0.3 is 0 Å². The van der Waals surface area contributed by atoms with Gasteiger partial charge in [0, 0.05) is 27.8 Å². The monoisotopic (exact) mass is 897 g/mol. The topological polar surface area (TPSA) is 71.4 Å². The summed E-state index contributed by atoms with van der Waals surface area (Å²) in [7, 11) is 0. The zero-order valence-corrected chi connectivity index (χ0v) is 28.8. The van der Waals surface area contributed by atoms with Crippen LogP contribution >= 0.6 is 69.6 Å². The fraction of sp³-hybridized carbons (Fsp3) is 0.100. The highest BCUT2D eigenvalue weighted by Crippen LogP contribution is 2.60. The van der Waals surface area contributed by atoms with E-state index in [2.05, 4.69) is 0 Å². The van der Waals surface area contributed by atoms with Gasteiger partial charge in [0.2, 0.25) is 0 Å². The Kier molecular flexibility index (Phi) is 11.3. The van der Waals surface area contributed by atoms with E-state index in [-0.39, 0.29) is 0 Å². The number of nitriles is 3. The molecular formula is C30Cl6F15N3. The molecule has 0 radical (unpaired) electrons. The predicted octanol–water partition coefficient (Wildman–Crippen LogP) is 13.7. The highest BCUT2D eigenvalue weighted by molar-refractivity contribution is 6.40. The molecule has 0 atom stereocenters. The lowest BCUT2D eigenvalue weighted by atomic mass is 9.99. The Morgan fingerprint density at radius 1 is 0.352 bits per heavy atom. The summed E-state index contributed by atoms with van der Waals surface area (Å²) >= 11 is 33.9. The zero-order valence-electron chi connectivity index (χ0n) is 24.3. The maximum atomic E-state index is 15.6. The van der Waals surface area contributed by atoms with Crippen molar-refractivity contribution in [2.24, 2.45) is 0 Å². The Bertz CT molecular complexity index is 2090. The Morgan fingerprint density at radius 2 is 0.574 bits per heavy atom. The number of halogens is 21. The number of alkyl halides is 9. The molecule has 3 aromatic carbocycles. The van der Waals surface area contributed by atoms with Crippen molar-refractivity contribution in [1.29, 1.82) is 15.8 Å². The number of nitrogens with zero attached hydrogens (tertiary/aromatic N) is 3. The van der Waals surface area contributed by atoms with Crippen LogP contribution in [0, 0.1) is 68.9 Å². The minimum atomic E-state index is -5.86. The van der Waals surface area contributed by atoms with Crippen LogP contribution in [0.1, 0.15) is 33.4 Å². The van der Waals surface area contributed by atoms with Gasteiger partial charge in [0.1, 0.15) is 34.9 Å². The second-order valence-corrected chi connectivity index (χ2v) is 12.4. The molecule has 54 heavy (non-hydrogen) atoms. The van der Waals surface area contributed by atoms with E-state index in [1.807, 2.05) is 0 Å². The number of hydrogen-bond acceptors (Lipinski definition) is 3. The summed E-state index contributed by atoms with van der Waals surface area (Å²) in [5.74, 6) is -15.5. The lowest BCUT2D eigenvalue weighted by molar-refractivity contribution is -0.143. The second-order valence-electron chi connectivity index (χ2n) is 10.1. The third kappa shape index (κ3) is 6.69. The van der Waals surface area contributed by atoms with Crippen molar-refractivity contribution < 1.29 is 65.9 Å². The molecule has 1 fully saturated rings. The molecule has 0 unspecified atom stereocenters. The van der Waals surface area contributed by atoms with Crippen molar-refractivity contribution in [2.45, 2.75) is 18.5 Å². The molecule has 282 valence electrons. The van der Waals surface area contributed by atoms with Gasteiger partial charge >= 0.3 is 18.5 Å². The molecule has 0 amide bonds. The van der Waals surface area contributed by atoms with E-state index in [9.17, 15) is 72.9 Å². The molecule has 24 heteroatoms. The van der Waals surface area contributed by atoms with Crippen LogP contribution in [0.2, 0.25) is 30.1 Å². The van der Waals surface area contributed by atoms with Crippen LogP contribution in [0.4, 0.5) is 65.9 Å². The van der Waals surface area contributed by atoms with E-state index in [1.165, 1.54) is 0 Å². The summed E-state index contributed by atoms with van der Waals surface area (Å²) in [6.07, 6.45) is -17.5. The average Bonchev–Trinajstić information content (AvgIpc) is 3.76. The van der Waals surface area contributed by atoms with Gasteiger partial charge in [0.05, 0.1) is 52.4 Å². The fourth-order valence-electron chi connectivity index (χ4n) is 4.95. The highest BCUT2D eigenvalue weighted by atomic mass is 35.5. The van der Waals surface area contributed by atoms with Crippen LogP contribution in [0.3, 0.4) is 0 Å². The SMILES string of the molecule is N#CC(=C1C(=C(C#N)c2c(Cl)c(F)c(C(F)(F)F)c(F)c2Cl)C1=C(C#N)c1c(Cl)c(F)c(C(F)(F)F)c(F)c1Cl)c1c(F)c(Cl)c(C(F)(F)F)c(F)c1Cl. The van der Waals surface area contributed by atoms with Gasteiger partial charge in [-0.1, -0.05) is 69.6 Å². The van der Waals surface area contributed by atoms with Crippen molar-refractivity contribution in [3.05, 3.63) is 115 Å². The Labute approximate surface area is 318 Å². The van der Waals surface area contributed by atoms with Crippen LogP contribution in [0.5, 0.6) is 0 Å². The Hall–Kier alpha value is -3.96. The third-order valence-corrected chi connectivity index (χ3v) is 9.29. The maximum Gasteiger partial charge on any atom is 0.422 e. The van der Waals surface area contributed by atoms with Crippen LogP contribution in [0.25, 0.3) is 16.7 Å². The molecular weight excluding hydrogens is 900 g/mol. The summed E-state index contributed by atoms with van der Waals surface area (Å²) < 4.78 is 212. The van der Waals surface area contributed by atoms with Gasteiger partial charge in [-0.2, -0.15) is 55.3 Å². The molecule has 1 saturated carbocycles. The summed E-state index contributed by atoms with van der Waals surface area (Å²) in [4.78, 5) is 0. The van der Waals surface area contributed by atoms with Gasteiger partial charge in [0.15, 0.2) is 34.9 Å². The quantitative estimate of drug-likeness (QED) is 0.149. The molecule has 0 aliphatic heterocycles. The molecule has 0 aromatic heterocycles. The largest absolute Gasteiger partial charge is 0.422 e. The summed E-state index contributed by atoms with van der Waals surface area (Å²) in [6, 6.07) is 3.35. The van der Waals surface area contributed by atoms with Crippen LogP contribution in [0.15, 0.2) is 16.7 Å². The molecule has 1 aliphatic carbocycles. The average molecular weight is 900 g/mol. The van der Waals surface area contributed by atoms with Crippen molar-refractivity contribution >= 4 is 86.3 Å². The third-order valence-electron chi connectivity index (χ3n) is 7.16. The number of benzene rings is 3. The van der Waals surface area contributed by atoms with Crippen molar-refractivity contribution in [1.82, 2.24) is 0 Å². The van der Waals surface area contributed by atoms with E-state index >= 15 is 8.78 Å². The van der Waals surface area contributed by atoms with Crippen molar-refractivity contribution in [2.75, 3.05) is 0 Å². The van der Waals surface area contributed by atoms with Crippen molar-refractivity contribution in [3.63, 3.8) is 0 Å². The summed E-state index contributed by atoms with van der Waals surface area (Å²) in [5, 5.41) is 18.9. The number of rotatable bonds is 3. The van der Waals surface area contributed by atoms with E-state index in [4.69, 9.17) is 69.6 Å². The van der Waals surface area contributed by atoms with Gasteiger partial charge in [-0.25, -0.2) is 26.3 Å². The molecule has 0 saturated heterocycles. The standard InChI is InChI=1S/C30Cl6F15N3/c31-16-10(17(32)25(40)14(24(16)39)29(46,47)48)4(1-52)7-8(5(2-53)11-18(33)26(41)15(30(49,50)51)27(42)19(11)34)9(7)6(3-54)12-20(35)23(38)13(28(43,44)45)21(36)22(12)37. The summed E-state index contributed by atoms with van der Waals surface area (Å²) in [6.45, 7) is 0. The number of hydrogen-bond donors (Lipinski definition) is 0. The van der Waals surface area contributed by atoms with E-state index < -0.39 is 150 Å². The van der Waals surface area contributed by atoms with E-state index in [0.717, 1.165) is 18.2 Å². The Balaban J connectivity index is 2.38. The molecule has 0 bridgehead atoms. The fourth-order valence-corrected chi connectivity index (χ4v) is 6.74. The molecule has 3 aromatic rings. The van der Waals surface area contributed by atoms with Gasteiger partial charge in [0.25, 0.3) is 0 Å². The highest BCUT2D eigenvalue weighted by Gasteiger charge is 2.49. The first-order valence-corrected chi connectivity index (χ1v) is 15.2. The molecule has 0 heterocycles. The van der Waals surface area contributed by atoms with Crippen molar-refractivity contribution in [3.8, 4) is 18.2 Å². The zero-order chi connectivity index (χ0) is 41.5. The first-order valence-electron chi connectivity index (χ1n) is 12.9. The maximum absolute atomic E-state index is 15.6. The molecule has 1 aliphatic rings. The van der Waals surface area contributed by atoms with E-state index in [0.29, 0.717) is 0 Å². The first-order chi connectivity index (χ1) is 24.6. The van der Waals surface area contributed by atoms with Gasteiger partial charge in [-0.05, 0) is 0 Å². The predicted molar refractivity (Wildman–Crippen MR) is 162 cm³/mol. The summed E-state index contributed by atoms with van der Waals surface area (Å²) in [5.41, 5.74) is -21.2. The normalized spacial score (nSPS) is 15.1. The minimum Gasteiger partial charge on any atom is -0.205 e. The molecule has 0 spiro atoms. The lowest BCUT2D eigenvalue weighted by Crippen LogP contribution is -2.14. The molecule has 3 nitrogen and oxygen atoms in total. The number of allylic oxidation sites excluding steroid dienone is 6. The Morgan fingerprint density at radius 3 is 0.815 bits per heavy atom. The lowest BCUT2D eigenvalue weighted by Gasteiger charge is -2.15. The van der Waals surface area contributed by atoms with Gasteiger partial charge in [-0.3, -0.25) is 0 Å². The first kappa shape index (κ1) is 42.8.